The van der Waals surface area contributed by atoms with Gasteiger partial charge in [0, 0.05) is 31.7 Å². The molecule has 0 spiro atoms. The van der Waals surface area contributed by atoms with Crippen molar-refractivity contribution in [2.75, 3.05) is 16.2 Å². The molecule has 1 unspecified atom stereocenters. The van der Waals surface area contributed by atoms with Crippen molar-refractivity contribution in [3.8, 4) is 5.75 Å². The van der Waals surface area contributed by atoms with Gasteiger partial charge in [-0.2, -0.15) is 0 Å². The van der Waals surface area contributed by atoms with Gasteiger partial charge in [0.1, 0.15) is 5.75 Å². The molecule has 1 aliphatic heterocycles. The Balaban J connectivity index is 0.00000272. The average molecular weight is 446 g/mol. The number of hydrogen-bond donors (Lipinski definition) is 1. The molecule has 1 amide bonds. The summed E-state index contributed by atoms with van der Waals surface area (Å²) in [6.45, 7) is 4.49. The van der Waals surface area contributed by atoms with Crippen LogP contribution in [0.4, 0.5) is 10.8 Å². The van der Waals surface area contributed by atoms with Crippen LogP contribution in [-0.4, -0.2) is 32.0 Å². The Hall–Kier alpha value is -2.91. The quantitative estimate of drug-likeness (QED) is 0.620. The van der Waals surface area contributed by atoms with Crippen LogP contribution in [0.1, 0.15) is 19.0 Å². The number of anilines is 2. The molecule has 1 fully saturated rings. The molecule has 1 atom stereocenters. The van der Waals surface area contributed by atoms with E-state index in [0.717, 1.165) is 11.1 Å². The zero-order chi connectivity index (χ0) is 21.3. The van der Waals surface area contributed by atoms with E-state index in [-0.39, 0.29) is 12.2 Å². The van der Waals surface area contributed by atoms with E-state index in [1.165, 1.54) is 29.7 Å². The lowest BCUT2D eigenvalue weighted by atomic mass is 10.1. The second-order valence-corrected chi connectivity index (χ2v) is 9.60. The van der Waals surface area contributed by atoms with Crippen molar-refractivity contribution < 1.29 is 19.4 Å². The number of nitrogens with zero attached hydrogens (tertiary/aromatic N) is 2. The molecular formula is C21H23N3O4S2. The van der Waals surface area contributed by atoms with Gasteiger partial charge in [-0.15, -0.1) is 11.3 Å². The highest BCUT2D eigenvalue weighted by Crippen LogP contribution is 2.28. The highest BCUT2D eigenvalue weighted by molar-refractivity contribution is 7.93. The first kappa shape index (κ1) is 20.4. The van der Waals surface area contributed by atoms with Crippen LogP contribution in [0.5, 0.6) is 5.75 Å². The van der Waals surface area contributed by atoms with Gasteiger partial charge >= 0.3 is 0 Å². The van der Waals surface area contributed by atoms with E-state index in [1.807, 2.05) is 32.0 Å². The minimum absolute atomic E-state index is 0. The van der Waals surface area contributed by atoms with Crippen molar-refractivity contribution in [1.82, 2.24) is 4.98 Å². The normalized spacial score (nSPS) is 16.7. The second-order valence-electron chi connectivity index (χ2n) is 7.02. The summed E-state index contributed by atoms with van der Waals surface area (Å²) in [6, 6.07) is 12.0. The van der Waals surface area contributed by atoms with Gasteiger partial charge in [-0.25, -0.2) is 13.4 Å². The molecule has 4 rings (SSSR count). The van der Waals surface area contributed by atoms with Crippen molar-refractivity contribution in [2.45, 2.75) is 31.3 Å². The molecule has 2 aromatic carbocycles. The summed E-state index contributed by atoms with van der Waals surface area (Å²) in [5.41, 5.74) is 2.77. The number of sulfonamides is 1. The van der Waals surface area contributed by atoms with Gasteiger partial charge in [-0.3, -0.25) is 9.52 Å². The van der Waals surface area contributed by atoms with Crippen molar-refractivity contribution in [3.63, 3.8) is 0 Å². The van der Waals surface area contributed by atoms with Crippen molar-refractivity contribution in [2.24, 2.45) is 0 Å². The summed E-state index contributed by atoms with van der Waals surface area (Å²) in [7, 11) is -3.73. The molecule has 2 heterocycles. The largest absolute Gasteiger partial charge is 0.480 e. The zero-order valence-corrected chi connectivity index (χ0v) is 18.2. The van der Waals surface area contributed by atoms with Gasteiger partial charge in [0.05, 0.1) is 4.90 Å². The lowest BCUT2D eigenvalue weighted by Gasteiger charge is -2.18. The van der Waals surface area contributed by atoms with Gasteiger partial charge < -0.3 is 9.64 Å². The minimum atomic E-state index is -3.73. The summed E-state index contributed by atoms with van der Waals surface area (Å²) in [4.78, 5) is 18.5. The second kappa shape index (κ2) is 8.08. The molecular weight excluding hydrogens is 422 g/mol. The lowest BCUT2D eigenvalue weighted by Crippen LogP contribution is -2.32. The first-order valence-electron chi connectivity index (χ1n) is 9.42. The Bertz CT molecular complexity index is 1170. The van der Waals surface area contributed by atoms with Crippen molar-refractivity contribution in [3.05, 3.63) is 65.2 Å². The van der Waals surface area contributed by atoms with E-state index < -0.39 is 16.1 Å². The van der Waals surface area contributed by atoms with Gasteiger partial charge in [0.2, 0.25) is 0 Å². The number of aryl methyl sites for hydroxylation is 1. The molecule has 3 aromatic rings. The SMILES string of the molecule is Cc1cccc(OC2CCN(c3ccc(S(=O)(=O)Nc4nccs4)cc3)C2=O)c1C.[HH]. The Morgan fingerprint density at radius 1 is 1.20 bits per heavy atom. The highest BCUT2D eigenvalue weighted by atomic mass is 32.2. The van der Waals surface area contributed by atoms with E-state index in [1.54, 1.807) is 22.4 Å². The summed E-state index contributed by atoms with van der Waals surface area (Å²) in [6.07, 6.45) is 1.54. The molecule has 158 valence electrons. The number of aromatic nitrogens is 1. The molecule has 0 bridgehead atoms. The number of carbonyl (C=O) groups is 1. The number of amides is 1. The number of rotatable bonds is 6. The van der Waals surface area contributed by atoms with Crippen LogP contribution in [0.25, 0.3) is 0 Å². The van der Waals surface area contributed by atoms with Crippen molar-refractivity contribution >= 4 is 38.1 Å². The molecule has 30 heavy (non-hydrogen) atoms. The van der Waals surface area contributed by atoms with Gasteiger partial charge in [-0.1, -0.05) is 12.1 Å². The first-order chi connectivity index (χ1) is 14.3. The zero-order valence-electron chi connectivity index (χ0n) is 16.5. The van der Waals surface area contributed by atoms with Crippen LogP contribution in [0.2, 0.25) is 0 Å². The molecule has 9 heteroatoms. The maximum Gasteiger partial charge on any atom is 0.268 e. The standard InChI is InChI=1S/C21H21N3O4S2.H2/c1-14-4-3-5-18(15(14)2)28-19-10-12-24(20(19)25)16-6-8-17(9-7-16)30(26,27)23-21-22-11-13-29-21;/h3-9,11,13,19H,10,12H2,1-2H3,(H,22,23);1H. The average Bonchev–Trinajstić information content (AvgIpc) is 3.35. The summed E-state index contributed by atoms with van der Waals surface area (Å²) in [5, 5.41) is 2.00. The Morgan fingerprint density at radius 3 is 2.67 bits per heavy atom. The highest BCUT2D eigenvalue weighted by Gasteiger charge is 2.34. The molecule has 0 aliphatic carbocycles. The molecule has 7 nitrogen and oxygen atoms in total. The molecule has 1 aliphatic rings. The van der Waals surface area contributed by atoms with Crippen LogP contribution in [0, 0.1) is 13.8 Å². The Labute approximate surface area is 180 Å². The minimum Gasteiger partial charge on any atom is -0.480 e. The lowest BCUT2D eigenvalue weighted by molar-refractivity contribution is -0.122. The third-order valence-corrected chi connectivity index (χ3v) is 7.27. The molecule has 0 saturated carbocycles. The number of benzene rings is 2. The third kappa shape index (κ3) is 4.03. The molecule has 1 aromatic heterocycles. The third-order valence-electron chi connectivity index (χ3n) is 5.09. The predicted octanol–water partition coefficient (Wildman–Crippen LogP) is 3.99. The first-order valence-corrected chi connectivity index (χ1v) is 11.8. The smallest absolute Gasteiger partial charge is 0.268 e. The van der Waals surface area contributed by atoms with E-state index in [0.29, 0.717) is 29.5 Å². The van der Waals surface area contributed by atoms with E-state index in [2.05, 4.69) is 9.71 Å². The van der Waals surface area contributed by atoms with Crippen molar-refractivity contribution in [1.29, 1.82) is 0 Å². The summed E-state index contributed by atoms with van der Waals surface area (Å²) in [5.74, 6) is 0.581. The number of thiazole rings is 1. The van der Waals surface area contributed by atoms with E-state index >= 15 is 0 Å². The molecule has 1 N–H and O–H groups in total. The summed E-state index contributed by atoms with van der Waals surface area (Å²) < 4.78 is 33.4. The Morgan fingerprint density at radius 2 is 1.97 bits per heavy atom. The number of ether oxygens (including phenoxy) is 1. The van der Waals surface area contributed by atoms with Crippen LogP contribution in [-0.2, 0) is 14.8 Å². The van der Waals surface area contributed by atoms with Crippen LogP contribution < -0.4 is 14.4 Å². The molecule has 0 radical (unpaired) electrons. The number of carbonyl (C=O) groups excluding carboxylic acids is 1. The van der Waals surface area contributed by atoms with Gasteiger partial charge in [-0.05, 0) is 55.3 Å². The maximum atomic E-state index is 12.9. The number of nitrogens with one attached hydrogen (secondary N) is 1. The van der Waals surface area contributed by atoms with Crippen LogP contribution in [0.3, 0.4) is 0 Å². The van der Waals surface area contributed by atoms with Gasteiger partial charge in [0.15, 0.2) is 11.2 Å². The van der Waals surface area contributed by atoms with E-state index in [4.69, 9.17) is 4.74 Å². The fourth-order valence-electron chi connectivity index (χ4n) is 3.28. The fraction of sp³-hybridized carbons (Fsp3) is 0.238. The number of hydrogen-bond acceptors (Lipinski definition) is 6. The van der Waals surface area contributed by atoms with E-state index in [9.17, 15) is 13.2 Å². The summed E-state index contributed by atoms with van der Waals surface area (Å²) >= 11 is 1.20. The Kier molecular flexibility index (Phi) is 5.48. The van der Waals surface area contributed by atoms with Gasteiger partial charge in [0.25, 0.3) is 15.9 Å². The van der Waals surface area contributed by atoms with Crippen LogP contribution >= 0.6 is 11.3 Å². The monoisotopic (exact) mass is 445 g/mol. The topological polar surface area (TPSA) is 88.6 Å². The molecule has 1 saturated heterocycles. The fourth-order valence-corrected chi connectivity index (χ4v) is 5.07. The predicted molar refractivity (Wildman–Crippen MR) is 119 cm³/mol. The van der Waals surface area contributed by atoms with Crippen LogP contribution in [0.15, 0.2) is 58.9 Å². The maximum absolute atomic E-state index is 12.9.